The van der Waals surface area contributed by atoms with Gasteiger partial charge in [0.2, 0.25) is 0 Å². The first-order valence-corrected chi connectivity index (χ1v) is 1.61. The Balaban J connectivity index is 0. The Morgan fingerprint density at radius 3 is 1.40 bits per heavy atom. The Morgan fingerprint density at radius 2 is 1.40 bits per heavy atom. The van der Waals surface area contributed by atoms with Crippen LogP contribution in [0.4, 0.5) is 0 Å². The van der Waals surface area contributed by atoms with Gasteiger partial charge in [-0.3, -0.25) is 0 Å². The van der Waals surface area contributed by atoms with Gasteiger partial charge in [0.1, 0.15) is 0 Å². The van der Waals surface area contributed by atoms with E-state index in [-0.39, 0.29) is 5.48 Å². The molecule has 32 valence electrons. The van der Waals surface area contributed by atoms with Crippen LogP contribution in [0.2, 0.25) is 0 Å². The van der Waals surface area contributed by atoms with Crippen LogP contribution in [0.15, 0.2) is 0 Å². The molecule has 0 aliphatic heterocycles. The van der Waals surface area contributed by atoms with Crippen LogP contribution in [0.25, 0.3) is 0 Å². The largest absolute Gasteiger partial charge is 0.412 e. The Labute approximate surface area is 37.3 Å². The van der Waals surface area contributed by atoms with Crippen LogP contribution >= 0.6 is 12.2 Å². The summed E-state index contributed by atoms with van der Waals surface area (Å²) in [6, 6.07) is 0. The van der Waals surface area contributed by atoms with E-state index in [4.69, 9.17) is 0 Å². The molecule has 0 amide bonds. The zero-order valence-corrected chi connectivity index (χ0v) is 4.22. The second kappa shape index (κ2) is 4.05. The van der Waals surface area contributed by atoms with Crippen molar-refractivity contribution in [1.82, 2.24) is 0 Å². The van der Waals surface area contributed by atoms with Crippen LogP contribution in [0.3, 0.4) is 0 Å². The van der Waals surface area contributed by atoms with Crippen LogP contribution < -0.4 is 0 Å². The molecule has 0 aromatic carbocycles. The third-order valence-electron chi connectivity index (χ3n) is 0. The van der Waals surface area contributed by atoms with Crippen molar-refractivity contribution in [2.45, 2.75) is 13.8 Å². The molecule has 0 aliphatic rings. The Morgan fingerprint density at radius 1 is 1.40 bits per heavy atom. The first-order valence-electron chi connectivity index (χ1n) is 1.20. The molecule has 0 aliphatic carbocycles. The van der Waals surface area contributed by atoms with Crippen molar-refractivity contribution in [3.8, 4) is 0 Å². The molecule has 0 aromatic rings. The third-order valence-corrected chi connectivity index (χ3v) is 0. The molecule has 0 radical (unpaired) electrons. The number of hydrogen-bond donors (Lipinski definition) is 0. The lowest BCUT2D eigenvalue weighted by atomic mass is 10.6. The molecule has 0 saturated heterocycles. The third kappa shape index (κ3) is 6810. The lowest BCUT2D eigenvalue weighted by molar-refractivity contribution is 0.824. The maximum absolute atomic E-state index is 4.54. The summed E-state index contributed by atoms with van der Waals surface area (Å²) in [5.41, 5.74) is 0. The van der Waals surface area contributed by atoms with Crippen LogP contribution in [0, 0.1) is 0 Å². The van der Waals surface area contributed by atoms with Gasteiger partial charge in [-0.05, 0) is 18.7 Å². The predicted molar refractivity (Wildman–Crippen MR) is 27.6 cm³/mol. The standard InChI is InChI=1S/C3H6S.H2O/c1-3(2)4;/h1-2H3;1H2. The summed E-state index contributed by atoms with van der Waals surface area (Å²) in [5, 5.41) is 0. The average Bonchev–Trinajstić information content (AvgIpc) is 0.811. The summed E-state index contributed by atoms with van der Waals surface area (Å²) >= 11 is 4.54. The summed E-state index contributed by atoms with van der Waals surface area (Å²) in [5.74, 6) is 0. The fraction of sp³-hybridized carbons (Fsp3) is 0.667. The van der Waals surface area contributed by atoms with Gasteiger partial charge in [0.15, 0.2) is 0 Å². The lowest BCUT2D eigenvalue weighted by Gasteiger charge is -1.61. The van der Waals surface area contributed by atoms with Crippen LogP contribution in [0.1, 0.15) is 13.8 Å². The fourth-order valence-electron chi connectivity index (χ4n) is 0. The smallest absolute Gasteiger partial charge is 0.0133 e. The highest BCUT2D eigenvalue weighted by atomic mass is 32.1. The highest BCUT2D eigenvalue weighted by Gasteiger charge is 1.55. The monoisotopic (exact) mass is 92.0 g/mol. The zero-order valence-electron chi connectivity index (χ0n) is 3.41. The first-order chi connectivity index (χ1) is 1.73. The van der Waals surface area contributed by atoms with Crippen molar-refractivity contribution in [2.24, 2.45) is 0 Å². The average molecular weight is 92.2 g/mol. The van der Waals surface area contributed by atoms with Gasteiger partial charge in [0.05, 0.1) is 0 Å². The zero-order chi connectivity index (χ0) is 3.58. The maximum Gasteiger partial charge on any atom is -0.0133 e. The van der Waals surface area contributed by atoms with Crippen LogP contribution in [-0.2, 0) is 0 Å². The molecule has 0 bridgehead atoms. The van der Waals surface area contributed by atoms with Gasteiger partial charge in [-0.1, -0.05) is 12.2 Å². The van der Waals surface area contributed by atoms with E-state index < -0.39 is 0 Å². The van der Waals surface area contributed by atoms with Crippen molar-refractivity contribution >= 4 is 17.1 Å². The lowest BCUT2D eigenvalue weighted by Crippen LogP contribution is -1.63. The van der Waals surface area contributed by atoms with Crippen molar-refractivity contribution < 1.29 is 5.48 Å². The summed E-state index contributed by atoms with van der Waals surface area (Å²) in [6.07, 6.45) is 0. The molecule has 0 heterocycles. The molecule has 0 atom stereocenters. The van der Waals surface area contributed by atoms with Crippen molar-refractivity contribution in [3.63, 3.8) is 0 Å². The SMILES string of the molecule is CC(C)=S.O. The molecule has 0 spiro atoms. The summed E-state index contributed by atoms with van der Waals surface area (Å²) in [4.78, 5) is 1.00. The van der Waals surface area contributed by atoms with Crippen LogP contribution in [-0.4, -0.2) is 10.3 Å². The quantitative estimate of drug-likeness (QED) is 0.402. The predicted octanol–water partition coefficient (Wildman–Crippen LogP) is 0.571. The summed E-state index contributed by atoms with van der Waals surface area (Å²) in [7, 11) is 0. The molecule has 1 nitrogen and oxygen atoms in total. The second-order valence-electron chi connectivity index (χ2n) is 0.908. The minimum absolute atomic E-state index is 0. The molecule has 0 saturated carbocycles. The van der Waals surface area contributed by atoms with E-state index in [1.807, 2.05) is 13.8 Å². The van der Waals surface area contributed by atoms with E-state index in [9.17, 15) is 0 Å². The number of thiocarbonyl (C=S) groups is 1. The van der Waals surface area contributed by atoms with E-state index in [1.54, 1.807) is 0 Å². The molecule has 0 unspecified atom stereocenters. The highest BCUT2D eigenvalue weighted by Crippen LogP contribution is 1.61. The van der Waals surface area contributed by atoms with Gasteiger partial charge in [-0.25, -0.2) is 0 Å². The van der Waals surface area contributed by atoms with E-state index in [0.717, 1.165) is 4.86 Å². The first kappa shape index (κ1) is 8.90. The van der Waals surface area contributed by atoms with E-state index in [1.165, 1.54) is 0 Å². The van der Waals surface area contributed by atoms with Gasteiger partial charge in [0, 0.05) is 0 Å². The number of hydrogen-bond acceptors (Lipinski definition) is 1. The molecule has 0 fully saturated rings. The molecule has 2 heteroatoms. The molecular weight excluding hydrogens is 84.1 g/mol. The van der Waals surface area contributed by atoms with Crippen LogP contribution in [0.5, 0.6) is 0 Å². The molecular formula is C3H8OS. The fourth-order valence-corrected chi connectivity index (χ4v) is 0. The number of rotatable bonds is 0. The van der Waals surface area contributed by atoms with Crippen molar-refractivity contribution in [3.05, 3.63) is 0 Å². The summed E-state index contributed by atoms with van der Waals surface area (Å²) in [6.45, 7) is 3.80. The van der Waals surface area contributed by atoms with Gasteiger partial charge in [-0.15, -0.1) is 0 Å². The minimum Gasteiger partial charge on any atom is -0.412 e. The van der Waals surface area contributed by atoms with E-state index in [2.05, 4.69) is 12.2 Å². The van der Waals surface area contributed by atoms with E-state index in [0.29, 0.717) is 0 Å². The van der Waals surface area contributed by atoms with E-state index >= 15 is 0 Å². The van der Waals surface area contributed by atoms with Gasteiger partial charge < -0.3 is 5.48 Å². The second-order valence-corrected chi connectivity index (χ2v) is 1.72. The maximum atomic E-state index is 4.54. The molecule has 5 heavy (non-hydrogen) atoms. The molecule has 0 aromatic heterocycles. The highest BCUT2D eigenvalue weighted by molar-refractivity contribution is 7.80. The van der Waals surface area contributed by atoms with Gasteiger partial charge in [0.25, 0.3) is 0 Å². The molecule has 2 N–H and O–H groups in total. The Bertz CT molecular complexity index is 29.9. The summed E-state index contributed by atoms with van der Waals surface area (Å²) < 4.78 is 0. The van der Waals surface area contributed by atoms with Crippen molar-refractivity contribution in [1.29, 1.82) is 0 Å². The molecule has 0 rings (SSSR count). The Hall–Kier alpha value is 0.0500. The topological polar surface area (TPSA) is 31.5 Å². The normalized spacial score (nSPS) is 5.20. The van der Waals surface area contributed by atoms with Crippen molar-refractivity contribution in [2.75, 3.05) is 0 Å². The van der Waals surface area contributed by atoms with Gasteiger partial charge >= 0.3 is 0 Å². The Kier molecular flexibility index (Phi) is 7.21. The minimum atomic E-state index is 0. The van der Waals surface area contributed by atoms with Gasteiger partial charge in [-0.2, -0.15) is 0 Å².